The summed E-state index contributed by atoms with van der Waals surface area (Å²) in [4.78, 5) is 11.0. The van der Waals surface area contributed by atoms with E-state index in [0.717, 1.165) is 37.9 Å². The summed E-state index contributed by atoms with van der Waals surface area (Å²) in [6.07, 6.45) is 4.27. The van der Waals surface area contributed by atoms with Gasteiger partial charge in [-0.1, -0.05) is 6.07 Å². The predicted octanol–water partition coefficient (Wildman–Crippen LogP) is 3.34. The highest BCUT2D eigenvalue weighted by atomic mass is 32.1. The standard InChI is InChI=1S/C21H33N5OS/c1-4-22-21(24-16-18(25(2)3)20-10-8-14-28-20)23-15-17(19-9-7-13-27-19)26-11-5-6-12-26/h7-10,13-14,17-18H,4-6,11-12,15-16H2,1-3H3,(H2,22,23,24). The van der Waals surface area contributed by atoms with Crippen molar-refractivity contribution in [2.75, 3.05) is 46.8 Å². The Morgan fingerprint density at radius 2 is 2.07 bits per heavy atom. The van der Waals surface area contributed by atoms with Crippen molar-refractivity contribution in [1.29, 1.82) is 0 Å². The number of rotatable bonds is 9. The van der Waals surface area contributed by atoms with E-state index in [1.807, 2.05) is 6.07 Å². The minimum Gasteiger partial charge on any atom is -0.468 e. The predicted molar refractivity (Wildman–Crippen MR) is 117 cm³/mol. The van der Waals surface area contributed by atoms with Gasteiger partial charge in [0, 0.05) is 18.0 Å². The molecule has 2 aromatic rings. The van der Waals surface area contributed by atoms with Crippen LogP contribution in [0, 0.1) is 0 Å². The van der Waals surface area contributed by atoms with Crippen LogP contribution < -0.4 is 10.6 Å². The zero-order chi connectivity index (χ0) is 19.8. The van der Waals surface area contributed by atoms with E-state index >= 15 is 0 Å². The van der Waals surface area contributed by atoms with Crippen molar-refractivity contribution >= 4 is 17.3 Å². The van der Waals surface area contributed by atoms with Gasteiger partial charge in [0.25, 0.3) is 0 Å². The molecule has 1 aliphatic rings. The van der Waals surface area contributed by atoms with Crippen LogP contribution in [0.1, 0.15) is 42.5 Å². The van der Waals surface area contributed by atoms with Gasteiger partial charge in [-0.25, -0.2) is 0 Å². The molecule has 1 saturated heterocycles. The van der Waals surface area contributed by atoms with E-state index in [1.54, 1.807) is 17.6 Å². The molecular weight excluding hydrogens is 370 g/mol. The average molecular weight is 404 g/mol. The molecule has 154 valence electrons. The molecule has 0 aliphatic carbocycles. The first kappa shape index (κ1) is 20.9. The molecule has 0 bridgehead atoms. The first-order chi connectivity index (χ1) is 13.7. The summed E-state index contributed by atoms with van der Waals surface area (Å²) in [5, 5.41) is 9.06. The molecule has 3 heterocycles. The van der Waals surface area contributed by atoms with Gasteiger partial charge < -0.3 is 20.0 Å². The van der Waals surface area contributed by atoms with Crippen LogP contribution in [-0.2, 0) is 0 Å². The lowest BCUT2D eigenvalue weighted by Crippen LogP contribution is -2.42. The number of hydrogen-bond donors (Lipinski definition) is 2. The van der Waals surface area contributed by atoms with Crippen LogP contribution in [-0.4, -0.2) is 62.6 Å². The van der Waals surface area contributed by atoms with Crippen molar-refractivity contribution in [2.45, 2.75) is 31.8 Å². The summed E-state index contributed by atoms with van der Waals surface area (Å²) in [5.41, 5.74) is 0. The summed E-state index contributed by atoms with van der Waals surface area (Å²) in [5.74, 6) is 1.87. The molecule has 1 aliphatic heterocycles. The number of furan rings is 1. The third kappa shape index (κ3) is 5.59. The van der Waals surface area contributed by atoms with Gasteiger partial charge in [0.05, 0.1) is 24.9 Å². The molecule has 6 nitrogen and oxygen atoms in total. The molecule has 7 heteroatoms. The van der Waals surface area contributed by atoms with Crippen LogP contribution in [0.5, 0.6) is 0 Å². The van der Waals surface area contributed by atoms with Gasteiger partial charge >= 0.3 is 0 Å². The monoisotopic (exact) mass is 403 g/mol. The minimum absolute atomic E-state index is 0.204. The molecule has 0 amide bonds. The molecule has 0 saturated carbocycles. The van der Waals surface area contributed by atoms with E-state index in [-0.39, 0.29) is 6.04 Å². The summed E-state index contributed by atoms with van der Waals surface area (Å²) in [7, 11) is 4.24. The zero-order valence-electron chi connectivity index (χ0n) is 17.2. The summed E-state index contributed by atoms with van der Waals surface area (Å²) >= 11 is 1.80. The van der Waals surface area contributed by atoms with Crippen molar-refractivity contribution in [3.05, 3.63) is 46.5 Å². The Kier molecular flexibility index (Phi) is 7.94. The van der Waals surface area contributed by atoms with Gasteiger partial charge in [-0.3, -0.25) is 9.89 Å². The maximum Gasteiger partial charge on any atom is 0.191 e. The van der Waals surface area contributed by atoms with Crippen LogP contribution in [0.3, 0.4) is 0 Å². The molecule has 3 rings (SSSR count). The Bertz CT molecular complexity index is 692. The quantitative estimate of drug-likeness (QED) is 0.497. The molecule has 2 atom stereocenters. The van der Waals surface area contributed by atoms with Crippen molar-refractivity contribution in [3.8, 4) is 0 Å². The van der Waals surface area contributed by atoms with Crippen molar-refractivity contribution in [1.82, 2.24) is 20.4 Å². The first-order valence-electron chi connectivity index (χ1n) is 10.2. The Morgan fingerprint density at radius 1 is 1.25 bits per heavy atom. The van der Waals surface area contributed by atoms with Gasteiger partial charge in [0.2, 0.25) is 0 Å². The topological polar surface area (TPSA) is 56.0 Å². The molecule has 2 aromatic heterocycles. The van der Waals surface area contributed by atoms with Crippen molar-refractivity contribution < 1.29 is 4.42 Å². The Hall–Kier alpha value is -1.83. The summed E-state index contributed by atoms with van der Waals surface area (Å²) < 4.78 is 5.72. The van der Waals surface area contributed by atoms with Crippen molar-refractivity contribution in [3.63, 3.8) is 0 Å². The molecule has 2 N–H and O–H groups in total. The van der Waals surface area contributed by atoms with Crippen LogP contribution >= 0.6 is 11.3 Å². The second kappa shape index (κ2) is 10.6. The smallest absolute Gasteiger partial charge is 0.191 e. The maximum atomic E-state index is 5.72. The van der Waals surface area contributed by atoms with Gasteiger partial charge in [-0.15, -0.1) is 11.3 Å². The fourth-order valence-electron chi connectivity index (χ4n) is 3.65. The number of nitrogens with zero attached hydrogens (tertiary/aromatic N) is 3. The number of hydrogen-bond acceptors (Lipinski definition) is 5. The third-order valence-corrected chi connectivity index (χ3v) is 6.15. The second-order valence-corrected chi connectivity index (χ2v) is 8.35. The lowest BCUT2D eigenvalue weighted by Gasteiger charge is -2.26. The summed E-state index contributed by atoms with van der Waals surface area (Å²) in [6.45, 7) is 6.68. The first-order valence-corrected chi connectivity index (χ1v) is 11.1. The third-order valence-electron chi connectivity index (χ3n) is 5.18. The molecule has 2 unspecified atom stereocenters. The van der Waals surface area contributed by atoms with E-state index in [4.69, 9.17) is 9.41 Å². The van der Waals surface area contributed by atoms with Gasteiger partial charge in [-0.05, 0) is 70.5 Å². The van der Waals surface area contributed by atoms with Gasteiger partial charge in [0.1, 0.15) is 5.76 Å². The number of nitrogens with one attached hydrogen (secondary N) is 2. The minimum atomic E-state index is 0.204. The lowest BCUT2D eigenvalue weighted by molar-refractivity contribution is 0.221. The number of thiophene rings is 1. The van der Waals surface area contributed by atoms with E-state index in [9.17, 15) is 0 Å². The van der Waals surface area contributed by atoms with Crippen LogP contribution in [0.2, 0.25) is 0 Å². The fourth-order valence-corrected chi connectivity index (χ4v) is 4.57. The second-order valence-electron chi connectivity index (χ2n) is 7.37. The molecule has 0 spiro atoms. The van der Waals surface area contributed by atoms with Crippen molar-refractivity contribution in [2.24, 2.45) is 4.99 Å². The highest BCUT2D eigenvalue weighted by molar-refractivity contribution is 7.10. The average Bonchev–Trinajstić information content (AvgIpc) is 3.45. The van der Waals surface area contributed by atoms with Crippen LogP contribution in [0.25, 0.3) is 0 Å². The van der Waals surface area contributed by atoms with Crippen LogP contribution in [0.4, 0.5) is 0 Å². The Morgan fingerprint density at radius 3 is 2.68 bits per heavy atom. The van der Waals surface area contributed by atoms with Crippen LogP contribution in [0.15, 0.2) is 45.3 Å². The number of likely N-dealkylation sites (tertiary alicyclic amines) is 1. The highest BCUT2D eigenvalue weighted by Crippen LogP contribution is 2.26. The summed E-state index contributed by atoms with van der Waals surface area (Å²) in [6, 6.07) is 8.87. The number of aliphatic imine (C=N–C) groups is 1. The molecule has 0 aromatic carbocycles. The zero-order valence-corrected chi connectivity index (χ0v) is 18.0. The maximum absolute atomic E-state index is 5.72. The van der Waals surface area contributed by atoms with Gasteiger partial charge in [0.15, 0.2) is 5.96 Å². The van der Waals surface area contributed by atoms with Gasteiger partial charge in [-0.2, -0.15) is 0 Å². The van der Waals surface area contributed by atoms with E-state index < -0.39 is 0 Å². The molecular formula is C21H33N5OS. The van der Waals surface area contributed by atoms with E-state index in [0.29, 0.717) is 12.6 Å². The largest absolute Gasteiger partial charge is 0.468 e. The molecule has 1 fully saturated rings. The Balaban J connectivity index is 1.66. The molecule has 28 heavy (non-hydrogen) atoms. The van der Waals surface area contributed by atoms with E-state index in [1.165, 1.54) is 17.7 Å². The fraction of sp³-hybridized carbons (Fsp3) is 0.571. The molecule has 0 radical (unpaired) electrons. The van der Waals surface area contributed by atoms with E-state index in [2.05, 4.69) is 65.0 Å². The normalized spacial score (nSPS) is 17.8. The number of guanidine groups is 1. The highest BCUT2D eigenvalue weighted by Gasteiger charge is 2.25. The SMILES string of the molecule is CCNC(=NCC(c1ccco1)N1CCCC1)NCC(c1cccs1)N(C)C. The number of likely N-dealkylation sites (N-methyl/N-ethyl adjacent to an activating group) is 1. The Labute approximate surface area is 172 Å². The lowest BCUT2D eigenvalue weighted by atomic mass is 10.2.